The van der Waals surface area contributed by atoms with Gasteiger partial charge in [-0.3, -0.25) is 0 Å². The fourth-order valence-corrected chi connectivity index (χ4v) is 0.943. The van der Waals surface area contributed by atoms with Gasteiger partial charge in [0.2, 0.25) is 0 Å². The van der Waals surface area contributed by atoms with Crippen LogP contribution in [0, 0.1) is 0 Å². The maximum Gasteiger partial charge on any atom is 0.134 e. The van der Waals surface area contributed by atoms with E-state index >= 15 is 0 Å². The van der Waals surface area contributed by atoms with Gasteiger partial charge < -0.3 is 19.9 Å². The molecule has 5 nitrogen and oxygen atoms in total. The van der Waals surface area contributed by atoms with E-state index in [-0.39, 0.29) is 19.8 Å². The minimum Gasteiger partial charge on any atom is -0.394 e. The number of aliphatic hydroxyl groups excluding tert-OH is 3. The summed E-state index contributed by atoms with van der Waals surface area (Å²) in [5.74, 6) is 0.488. The number of aliphatic hydroxyl groups is 3. The highest BCUT2D eigenvalue weighted by Gasteiger charge is 2.06. The summed E-state index contributed by atoms with van der Waals surface area (Å²) in [4.78, 5) is 3.84. The molecule has 1 heterocycles. The molecule has 1 unspecified atom stereocenters. The van der Waals surface area contributed by atoms with Crippen LogP contribution in [0.25, 0.3) is 0 Å². The Morgan fingerprint density at radius 2 is 2.25 bits per heavy atom. The van der Waals surface area contributed by atoms with Gasteiger partial charge in [0.1, 0.15) is 12.4 Å². The lowest BCUT2D eigenvalue weighted by Crippen LogP contribution is -2.20. The van der Waals surface area contributed by atoms with Crippen LogP contribution in [0.15, 0.2) is 12.4 Å². The molecule has 12 heavy (non-hydrogen) atoms. The third-order valence-corrected chi connectivity index (χ3v) is 1.56. The van der Waals surface area contributed by atoms with E-state index in [1.54, 1.807) is 10.8 Å². The molecule has 0 fully saturated rings. The van der Waals surface area contributed by atoms with E-state index < -0.39 is 6.10 Å². The van der Waals surface area contributed by atoms with Crippen LogP contribution in [0.3, 0.4) is 0 Å². The Kier molecular flexibility index (Phi) is 3.21. The van der Waals surface area contributed by atoms with Gasteiger partial charge in [-0.15, -0.1) is 0 Å². The zero-order chi connectivity index (χ0) is 8.97. The van der Waals surface area contributed by atoms with Crippen LogP contribution in [0.5, 0.6) is 0 Å². The highest BCUT2D eigenvalue weighted by molar-refractivity contribution is 4.90. The van der Waals surface area contributed by atoms with Gasteiger partial charge in [-0.05, 0) is 0 Å². The highest BCUT2D eigenvalue weighted by atomic mass is 16.3. The van der Waals surface area contributed by atoms with Gasteiger partial charge in [0.05, 0.1) is 19.3 Å². The molecule has 0 spiro atoms. The molecule has 1 aromatic rings. The fraction of sp³-hybridized carbons (Fsp3) is 0.571. The van der Waals surface area contributed by atoms with Crippen molar-refractivity contribution >= 4 is 0 Å². The van der Waals surface area contributed by atoms with Crippen molar-refractivity contribution in [2.75, 3.05) is 6.61 Å². The van der Waals surface area contributed by atoms with Gasteiger partial charge in [0.15, 0.2) is 0 Å². The zero-order valence-electron chi connectivity index (χ0n) is 6.59. The Morgan fingerprint density at radius 1 is 1.50 bits per heavy atom. The van der Waals surface area contributed by atoms with Crippen LogP contribution >= 0.6 is 0 Å². The number of rotatable bonds is 4. The molecule has 0 aliphatic carbocycles. The molecule has 1 rings (SSSR count). The normalized spacial score (nSPS) is 13.2. The Labute approximate surface area is 69.9 Å². The van der Waals surface area contributed by atoms with Gasteiger partial charge in [0.25, 0.3) is 0 Å². The molecule has 0 aliphatic rings. The van der Waals surface area contributed by atoms with Crippen molar-refractivity contribution in [1.82, 2.24) is 9.55 Å². The van der Waals surface area contributed by atoms with Gasteiger partial charge in [-0.1, -0.05) is 0 Å². The number of hydrogen-bond acceptors (Lipinski definition) is 4. The first-order valence-electron chi connectivity index (χ1n) is 3.67. The smallest absolute Gasteiger partial charge is 0.134 e. The topological polar surface area (TPSA) is 78.5 Å². The van der Waals surface area contributed by atoms with E-state index in [1.165, 1.54) is 6.20 Å². The van der Waals surface area contributed by atoms with E-state index in [4.69, 9.17) is 15.3 Å². The lowest BCUT2D eigenvalue weighted by Gasteiger charge is -2.09. The standard InChI is InChI=1S/C7H12N2O3/c10-4-6(12)3-9-2-1-8-7(9)5-11/h1-2,6,10-12H,3-5H2. The summed E-state index contributed by atoms with van der Waals surface area (Å²) in [6, 6.07) is 0. The summed E-state index contributed by atoms with van der Waals surface area (Å²) in [5, 5.41) is 26.4. The second-order valence-corrected chi connectivity index (χ2v) is 2.49. The summed E-state index contributed by atoms with van der Waals surface area (Å²) in [7, 11) is 0. The van der Waals surface area contributed by atoms with Gasteiger partial charge in [0, 0.05) is 12.4 Å². The van der Waals surface area contributed by atoms with Crippen molar-refractivity contribution in [1.29, 1.82) is 0 Å². The highest BCUT2D eigenvalue weighted by Crippen LogP contribution is 1.98. The molecule has 1 atom stereocenters. The van der Waals surface area contributed by atoms with Crippen LogP contribution in [-0.2, 0) is 13.2 Å². The van der Waals surface area contributed by atoms with E-state index in [1.807, 2.05) is 0 Å². The van der Waals surface area contributed by atoms with Gasteiger partial charge in [-0.2, -0.15) is 0 Å². The van der Waals surface area contributed by atoms with E-state index in [9.17, 15) is 0 Å². The second kappa shape index (κ2) is 4.20. The first-order valence-corrected chi connectivity index (χ1v) is 3.67. The molecule has 3 N–H and O–H groups in total. The molecule has 1 aromatic heterocycles. The van der Waals surface area contributed by atoms with Crippen LogP contribution in [0.2, 0.25) is 0 Å². The molecule has 0 bridgehead atoms. The van der Waals surface area contributed by atoms with Crippen molar-refractivity contribution < 1.29 is 15.3 Å². The summed E-state index contributed by atoms with van der Waals surface area (Å²) in [6.45, 7) is -0.194. The molecule has 0 aromatic carbocycles. The minimum atomic E-state index is -0.801. The van der Waals surface area contributed by atoms with Crippen molar-refractivity contribution in [2.24, 2.45) is 0 Å². The van der Waals surface area contributed by atoms with Crippen LogP contribution in [0.4, 0.5) is 0 Å². The number of hydrogen-bond donors (Lipinski definition) is 3. The Morgan fingerprint density at radius 3 is 2.83 bits per heavy atom. The van der Waals surface area contributed by atoms with Crippen molar-refractivity contribution in [3.05, 3.63) is 18.2 Å². The summed E-state index contributed by atoms with van der Waals surface area (Å²) >= 11 is 0. The quantitative estimate of drug-likeness (QED) is 0.529. The van der Waals surface area contributed by atoms with Crippen LogP contribution in [-0.4, -0.2) is 37.6 Å². The summed E-state index contributed by atoms with van der Waals surface area (Å²) < 4.78 is 1.60. The first-order chi connectivity index (χ1) is 5.77. The van der Waals surface area contributed by atoms with Gasteiger partial charge >= 0.3 is 0 Å². The van der Waals surface area contributed by atoms with E-state index in [2.05, 4.69) is 4.98 Å². The maximum absolute atomic E-state index is 9.07. The Bertz CT molecular complexity index is 236. The average molecular weight is 172 g/mol. The molecule has 0 radical (unpaired) electrons. The zero-order valence-corrected chi connectivity index (χ0v) is 6.59. The molecule has 0 aliphatic heterocycles. The number of imidazole rings is 1. The van der Waals surface area contributed by atoms with Crippen molar-refractivity contribution in [3.63, 3.8) is 0 Å². The predicted octanol–water partition coefficient (Wildman–Crippen LogP) is -1.27. The molecule has 68 valence electrons. The van der Waals surface area contributed by atoms with E-state index in [0.29, 0.717) is 5.82 Å². The Balaban J connectivity index is 2.61. The molecule has 0 saturated carbocycles. The van der Waals surface area contributed by atoms with Crippen molar-refractivity contribution in [3.8, 4) is 0 Å². The van der Waals surface area contributed by atoms with Crippen molar-refractivity contribution in [2.45, 2.75) is 19.3 Å². The van der Waals surface area contributed by atoms with Crippen LogP contribution in [0.1, 0.15) is 5.82 Å². The summed E-state index contributed by atoms with van der Waals surface area (Å²) in [6.07, 6.45) is 2.38. The third-order valence-electron chi connectivity index (χ3n) is 1.56. The maximum atomic E-state index is 9.07. The molecular formula is C7H12N2O3. The third kappa shape index (κ3) is 2.04. The second-order valence-electron chi connectivity index (χ2n) is 2.49. The molecule has 0 saturated heterocycles. The molecule has 0 amide bonds. The Hall–Kier alpha value is -0.910. The average Bonchev–Trinajstić information content (AvgIpc) is 2.51. The molecular weight excluding hydrogens is 160 g/mol. The lowest BCUT2D eigenvalue weighted by molar-refractivity contribution is 0.0794. The summed E-state index contributed by atoms with van der Waals surface area (Å²) in [5.41, 5.74) is 0. The number of aromatic nitrogens is 2. The molecule has 5 heteroatoms. The largest absolute Gasteiger partial charge is 0.394 e. The minimum absolute atomic E-state index is 0.162. The van der Waals surface area contributed by atoms with E-state index in [0.717, 1.165) is 0 Å². The van der Waals surface area contributed by atoms with Gasteiger partial charge in [-0.25, -0.2) is 4.98 Å². The lowest BCUT2D eigenvalue weighted by atomic mass is 10.4. The fourth-order valence-electron chi connectivity index (χ4n) is 0.943. The monoisotopic (exact) mass is 172 g/mol. The predicted molar refractivity (Wildman–Crippen MR) is 41.2 cm³/mol. The van der Waals surface area contributed by atoms with Crippen LogP contribution < -0.4 is 0 Å². The SMILES string of the molecule is OCc1nccn1CC(O)CO. The number of nitrogens with zero attached hydrogens (tertiary/aromatic N) is 2. The first kappa shape index (κ1) is 9.18.